The van der Waals surface area contributed by atoms with Crippen molar-refractivity contribution < 1.29 is 22.8 Å². The number of aromatic nitrogens is 1. The van der Waals surface area contributed by atoms with Crippen LogP contribution < -0.4 is 16.2 Å². The lowest BCUT2D eigenvalue weighted by molar-refractivity contribution is -0.109. The molecule has 0 aliphatic rings. The summed E-state index contributed by atoms with van der Waals surface area (Å²) in [6, 6.07) is 7.55. The van der Waals surface area contributed by atoms with Crippen LogP contribution in [0.25, 0.3) is 5.69 Å². The van der Waals surface area contributed by atoms with Gasteiger partial charge in [-0.05, 0) is 62.2 Å². The molecule has 1 aromatic heterocycles. The highest BCUT2D eigenvalue weighted by Gasteiger charge is 2.23. The van der Waals surface area contributed by atoms with Crippen LogP contribution in [0, 0.1) is 24.4 Å². The van der Waals surface area contributed by atoms with Crippen LogP contribution >= 0.6 is 0 Å². The molecule has 0 bridgehead atoms. The van der Waals surface area contributed by atoms with E-state index in [-0.39, 0.29) is 28.7 Å². The molecule has 9 heteroatoms. The van der Waals surface area contributed by atoms with Gasteiger partial charge in [-0.25, -0.2) is 13.2 Å². The van der Waals surface area contributed by atoms with E-state index in [2.05, 4.69) is 10.6 Å². The molecule has 0 saturated carbocycles. The molecule has 0 unspecified atom stereocenters. The molecule has 3 aromatic rings. The number of ketones is 1. The van der Waals surface area contributed by atoms with Gasteiger partial charge in [0.1, 0.15) is 29.6 Å². The summed E-state index contributed by atoms with van der Waals surface area (Å²) in [5, 5.41) is 5.73. The predicted molar refractivity (Wildman–Crippen MR) is 123 cm³/mol. The van der Waals surface area contributed by atoms with Gasteiger partial charge in [-0.1, -0.05) is 6.07 Å². The van der Waals surface area contributed by atoms with Gasteiger partial charge < -0.3 is 15.4 Å². The Morgan fingerprint density at radius 2 is 1.76 bits per heavy atom. The zero-order valence-electron chi connectivity index (χ0n) is 18.9. The molecule has 3 rings (SSSR count). The van der Waals surface area contributed by atoms with Crippen molar-refractivity contribution in [2.75, 3.05) is 18.9 Å². The van der Waals surface area contributed by atoms with E-state index < -0.39 is 28.8 Å². The van der Waals surface area contributed by atoms with Crippen molar-refractivity contribution in [3.05, 3.63) is 92.5 Å². The first-order chi connectivity index (χ1) is 16.2. The number of halogens is 3. The minimum Gasteiger partial charge on any atom is -0.374 e. The third-order valence-corrected chi connectivity index (χ3v) is 5.37. The Kier molecular flexibility index (Phi) is 7.68. The molecule has 1 heterocycles. The molecule has 1 atom stereocenters. The standard InChI is InChI=1S/C25H24F3N3O3/c1-14-10-16(8-9-30-15(2)13-32)11-21(28)23(14)31-22(33)7-6-19(25(31)29-3)24(34)18-5-4-17(26)12-20(18)27/h4-7,10-13,15,29-30H,8-9H2,1-3H3/t15-/m0/s1. The number of nitrogens with one attached hydrogen (secondary N) is 2. The van der Waals surface area contributed by atoms with Gasteiger partial charge in [0.15, 0.2) is 5.78 Å². The Bertz CT molecular complexity index is 1280. The third-order valence-electron chi connectivity index (χ3n) is 5.37. The molecule has 0 aliphatic heterocycles. The van der Waals surface area contributed by atoms with Crippen molar-refractivity contribution in [3.63, 3.8) is 0 Å². The fourth-order valence-corrected chi connectivity index (χ4v) is 3.74. The molecule has 178 valence electrons. The summed E-state index contributed by atoms with van der Waals surface area (Å²) >= 11 is 0. The second-order valence-corrected chi connectivity index (χ2v) is 7.84. The number of carbonyl (C=O) groups excluding carboxylic acids is 2. The highest BCUT2D eigenvalue weighted by atomic mass is 19.1. The van der Waals surface area contributed by atoms with Crippen molar-refractivity contribution >= 4 is 17.9 Å². The van der Waals surface area contributed by atoms with Crippen LogP contribution in [0.3, 0.4) is 0 Å². The predicted octanol–water partition coefficient (Wildman–Crippen LogP) is 3.56. The smallest absolute Gasteiger partial charge is 0.256 e. The van der Waals surface area contributed by atoms with Crippen LogP contribution in [-0.4, -0.2) is 36.3 Å². The average Bonchev–Trinajstić information content (AvgIpc) is 2.79. The molecule has 34 heavy (non-hydrogen) atoms. The Balaban J connectivity index is 2.07. The number of nitrogens with zero attached hydrogens (tertiary/aromatic N) is 1. The van der Waals surface area contributed by atoms with Gasteiger partial charge in [-0.3, -0.25) is 14.2 Å². The molecule has 6 nitrogen and oxygen atoms in total. The zero-order chi connectivity index (χ0) is 25.0. The first kappa shape index (κ1) is 24.9. The number of aryl methyl sites for hydroxylation is 1. The number of hydrogen-bond acceptors (Lipinski definition) is 5. The monoisotopic (exact) mass is 471 g/mol. The van der Waals surface area contributed by atoms with E-state index in [0.717, 1.165) is 29.1 Å². The topological polar surface area (TPSA) is 80.2 Å². The van der Waals surface area contributed by atoms with Crippen LogP contribution in [0.4, 0.5) is 19.0 Å². The molecule has 2 N–H and O–H groups in total. The molecule has 0 aliphatic carbocycles. The number of rotatable bonds is 9. The Hall–Kier alpha value is -3.72. The molecule has 0 radical (unpaired) electrons. The second kappa shape index (κ2) is 10.5. The van der Waals surface area contributed by atoms with E-state index >= 15 is 4.39 Å². The van der Waals surface area contributed by atoms with Crippen LogP contribution in [0.5, 0.6) is 0 Å². The maximum Gasteiger partial charge on any atom is 0.256 e. The van der Waals surface area contributed by atoms with Gasteiger partial charge in [0.25, 0.3) is 5.56 Å². The second-order valence-electron chi connectivity index (χ2n) is 7.84. The number of anilines is 1. The first-order valence-electron chi connectivity index (χ1n) is 10.6. The van der Waals surface area contributed by atoms with Crippen LogP contribution in [-0.2, 0) is 11.2 Å². The minimum atomic E-state index is -1.05. The van der Waals surface area contributed by atoms with E-state index in [9.17, 15) is 23.2 Å². The molecule has 2 aromatic carbocycles. The molecular formula is C25H24F3N3O3. The number of pyridine rings is 1. The lowest BCUT2D eigenvalue weighted by atomic mass is 10.0. The summed E-state index contributed by atoms with van der Waals surface area (Å²) in [6.07, 6.45) is 1.22. The summed E-state index contributed by atoms with van der Waals surface area (Å²) in [5.74, 6) is -3.39. The zero-order valence-corrected chi connectivity index (χ0v) is 18.9. The summed E-state index contributed by atoms with van der Waals surface area (Å²) in [5.41, 5.74) is -0.0212. The van der Waals surface area contributed by atoms with Crippen molar-refractivity contribution in [2.24, 2.45) is 0 Å². The maximum atomic E-state index is 15.3. The first-order valence-corrected chi connectivity index (χ1v) is 10.6. The lowest BCUT2D eigenvalue weighted by Gasteiger charge is -2.19. The van der Waals surface area contributed by atoms with Crippen molar-refractivity contribution in [1.82, 2.24) is 9.88 Å². The molecule has 0 saturated heterocycles. The Labute approximate surface area is 194 Å². The molecule has 0 fully saturated rings. The van der Waals surface area contributed by atoms with E-state index in [1.807, 2.05) is 0 Å². The van der Waals surface area contributed by atoms with E-state index in [1.165, 1.54) is 19.2 Å². The van der Waals surface area contributed by atoms with Gasteiger partial charge in [-0.15, -0.1) is 0 Å². The summed E-state index contributed by atoms with van der Waals surface area (Å²) in [6.45, 7) is 3.79. The molecule has 0 amide bonds. The Morgan fingerprint density at radius 1 is 1.06 bits per heavy atom. The Morgan fingerprint density at radius 3 is 2.38 bits per heavy atom. The number of hydrogen-bond donors (Lipinski definition) is 2. The number of aldehydes is 1. The summed E-state index contributed by atoms with van der Waals surface area (Å²) in [7, 11) is 1.45. The quantitative estimate of drug-likeness (QED) is 0.369. The van der Waals surface area contributed by atoms with Gasteiger partial charge in [0.2, 0.25) is 0 Å². The van der Waals surface area contributed by atoms with Crippen LogP contribution in [0.1, 0.15) is 34.0 Å². The summed E-state index contributed by atoms with van der Waals surface area (Å²) in [4.78, 5) is 36.5. The number of benzene rings is 2. The van der Waals surface area contributed by atoms with Gasteiger partial charge in [0, 0.05) is 19.2 Å². The molecular weight excluding hydrogens is 447 g/mol. The largest absolute Gasteiger partial charge is 0.374 e. The van der Waals surface area contributed by atoms with Gasteiger partial charge in [-0.2, -0.15) is 0 Å². The molecule has 0 spiro atoms. The van der Waals surface area contributed by atoms with Crippen molar-refractivity contribution in [1.29, 1.82) is 0 Å². The fourth-order valence-electron chi connectivity index (χ4n) is 3.74. The van der Waals surface area contributed by atoms with Crippen LogP contribution in [0.2, 0.25) is 0 Å². The van der Waals surface area contributed by atoms with Gasteiger partial charge in [0.05, 0.1) is 22.9 Å². The van der Waals surface area contributed by atoms with Crippen molar-refractivity contribution in [3.8, 4) is 5.69 Å². The fraction of sp³-hybridized carbons (Fsp3) is 0.240. The van der Waals surface area contributed by atoms with E-state index in [1.54, 1.807) is 19.9 Å². The van der Waals surface area contributed by atoms with Crippen molar-refractivity contribution in [2.45, 2.75) is 26.3 Å². The minimum absolute atomic E-state index is 0.0301. The SMILES string of the molecule is CNc1c(C(=O)c2ccc(F)cc2F)ccc(=O)n1-c1c(C)cc(CCN[C@@H](C)C=O)cc1F. The normalized spacial score (nSPS) is 11.8. The highest BCUT2D eigenvalue weighted by Crippen LogP contribution is 2.27. The average molecular weight is 471 g/mol. The van der Waals surface area contributed by atoms with E-state index in [0.29, 0.717) is 30.2 Å². The van der Waals surface area contributed by atoms with Gasteiger partial charge >= 0.3 is 0 Å². The van der Waals surface area contributed by atoms with Crippen LogP contribution in [0.15, 0.2) is 47.3 Å². The highest BCUT2D eigenvalue weighted by molar-refractivity contribution is 6.12. The summed E-state index contributed by atoms with van der Waals surface area (Å²) < 4.78 is 43.8. The third kappa shape index (κ3) is 5.09. The maximum absolute atomic E-state index is 15.3. The van der Waals surface area contributed by atoms with E-state index in [4.69, 9.17) is 0 Å². The number of carbonyl (C=O) groups is 2. The lowest BCUT2D eigenvalue weighted by Crippen LogP contribution is -2.29.